The van der Waals surface area contributed by atoms with Gasteiger partial charge in [-0.3, -0.25) is 4.79 Å². The molecule has 112 valence electrons. The average Bonchev–Trinajstić information content (AvgIpc) is 2.82. The maximum atomic E-state index is 13.0. The lowest BCUT2D eigenvalue weighted by molar-refractivity contribution is -1.01. The molecule has 21 heavy (non-hydrogen) atoms. The number of likely N-dealkylation sites (N-methyl/N-ethyl adjacent to an activating group) is 1. The van der Waals surface area contributed by atoms with Crippen molar-refractivity contribution in [2.24, 2.45) is 0 Å². The molecule has 4 heteroatoms. The first kappa shape index (κ1) is 14.3. The van der Waals surface area contributed by atoms with E-state index < -0.39 is 0 Å². The van der Waals surface area contributed by atoms with Gasteiger partial charge in [0.05, 0.1) is 12.6 Å². The number of aromatic nitrogens is 1. The van der Waals surface area contributed by atoms with Crippen molar-refractivity contribution in [2.45, 2.75) is 19.9 Å². The van der Waals surface area contributed by atoms with Gasteiger partial charge >= 0.3 is 0 Å². The Labute approximate surface area is 125 Å². The molecule has 1 aromatic heterocycles. The minimum atomic E-state index is 0.0380. The van der Waals surface area contributed by atoms with Crippen molar-refractivity contribution < 1.29 is 14.6 Å². The van der Waals surface area contributed by atoms with Crippen molar-refractivity contribution in [3.05, 3.63) is 35.5 Å². The summed E-state index contributed by atoms with van der Waals surface area (Å²) in [6.45, 7) is 8.56. The number of nitrogens with one attached hydrogen (secondary N) is 3. The summed E-state index contributed by atoms with van der Waals surface area (Å²) in [5.74, 6) is 0.277. The summed E-state index contributed by atoms with van der Waals surface area (Å²) in [7, 11) is 2.23. The van der Waals surface area contributed by atoms with E-state index in [4.69, 9.17) is 0 Å². The van der Waals surface area contributed by atoms with Crippen LogP contribution in [0.2, 0.25) is 0 Å². The van der Waals surface area contributed by atoms with E-state index in [0.717, 1.165) is 48.3 Å². The number of carbonyl (C=O) groups excluding carboxylic acids is 1. The molecule has 1 aliphatic heterocycles. The fraction of sp³-hybridized carbons (Fsp3) is 0.471. The minimum absolute atomic E-state index is 0.0380. The molecule has 0 bridgehead atoms. The average molecular weight is 287 g/mol. The monoisotopic (exact) mass is 287 g/mol. The van der Waals surface area contributed by atoms with Crippen LogP contribution >= 0.6 is 0 Å². The lowest BCUT2D eigenvalue weighted by atomic mass is 10.0. The molecule has 3 rings (SSSR count). The number of carbonyl (C=O) groups is 1. The van der Waals surface area contributed by atoms with Crippen molar-refractivity contribution in [3.63, 3.8) is 0 Å². The Bertz CT molecular complexity index is 653. The normalized spacial score (nSPS) is 24.1. The van der Waals surface area contributed by atoms with Crippen LogP contribution in [0, 0.1) is 6.92 Å². The lowest BCUT2D eigenvalue weighted by Crippen LogP contribution is -3.29. The summed E-state index contributed by atoms with van der Waals surface area (Å²) < 4.78 is 0. The molecule has 0 unspecified atom stereocenters. The maximum Gasteiger partial charge on any atom is 0.222 e. The summed E-state index contributed by atoms with van der Waals surface area (Å²) in [6, 6.07) is 8.13. The minimum Gasteiger partial charge on any atom is -0.358 e. The van der Waals surface area contributed by atoms with Crippen LogP contribution in [0.25, 0.3) is 10.9 Å². The van der Waals surface area contributed by atoms with Gasteiger partial charge in [0.2, 0.25) is 5.78 Å². The standard InChI is InChI=1S/C17H23N3O/c1-12-16(14-6-4-5-7-15(14)18-12)17(21)13(2)20-10-8-19(3)9-11-20/h4-7,13,18H,8-11H2,1-3H3/p+2/t13-/m0/s1. The number of Topliss-reactive ketones (excluding diaryl/α,β-unsaturated/α-hetero) is 1. The van der Waals surface area contributed by atoms with Crippen LogP contribution in [0.5, 0.6) is 0 Å². The molecule has 4 nitrogen and oxygen atoms in total. The first-order valence-corrected chi connectivity index (χ1v) is 7.85. The van der Waals surface area contributed by atoms with E-state index in [-0.39, 0.29) is 11.8 Å². The van der Waals surface area contributed by atoms with Gasteiger partial charge in [0.15, 0.2) is 0 Å². The molecule has 0 saturated carbocycles. The highest BCUT2D eigenvalue weighted by Crippen LogP contribution is 2.22. The van der Waals surface area contributed by atoms with E-state index >= 15 is 0 Å². The van der Waals surface area contributed by atoms with Crippen molar-refractivity contribution in [1.29, 1.82) is 0 Å². The highest BCUT2D eigenvalue weighted by molar-refractivity contribution is 6.10. The second kappa shape index (κ2) is 5.62. The summed E-state index contributed by atoms with van der Waals surface area (Å²) >= 11 is 0. The third-order valence-corrected chi connectivity index (χ3v) is 4.89. The fourth-order valence-corrected chi connectivity index (χ4v) is 3.43. The van der Waals surface area contributed by atoms with E-state index in [1.807, 2.05) is 31.2 Å². The van der Waals surface area contributed by atoms with Crippen molar-refractivity contribution in [2.75, 3.05) is 33.2 Å². The van der Waals surface area contributed by atoms with Gasteiger partial charge in [-0.1, -0.05) is 18.2 Å². The number of piperazine rings is 1. The number of hydrogen-bond donors (Lipinski definition) is 3. The number of para-hydroxylation sites is 1. The molecule has 1 aromatic carbocycles. The topological polar surface area (TPSA) is 41.7 Å². The van der Waals surface area contributed by atoms with Crippen molar-refractivity contribution in [3.8, 4) is 0 Å². The molecule has 0 aliphatic carbocycles. The molecule has 1 atom stereocenters. The van der Waals surface area contributed by atoms with E-state index in [1.165, 1.54) is 4.90 Å². The third kappa shape index (κ3) is 2.61. The van der Waals surface area contributed by atoms with Crippen LogP contribution < -0.4 is 9.80 Å². The quantitative estimate of drug-likeness (QED) is 0.652. The number of H-pyrrole nitrogens is 1. The second-order valence-electron chi connectivity index (χ2n) is 6.37. The molecular formula is C17H25N3O+2. The Hall–Kier alpha value is -1.65. The molecule has 0 amide bonds. The molecule has 1 fully saturated rings. The molecule has 1 saturated heterocycles. The van der Waals surface area contributed by atoms with Crippen LogP contribution in [0.4, 0.5) is 0 Å². The Morgan fingerprint density at radius 1 is 1.19 bits per heavy atom. The maximum absolute atomic E-state index is 13.0. The molecule has 2 aromatic rings. The number of hydrogen-bond acceptors (Lipinski definition) is 1. The highest BCUT2D eigenvalue weighted by Gasteiger charge is 2.32. The number of fused-ring (bicyclic) bond motifs is 1. The van der Waals surface area contributed by atoms with Crippen LogP contribution in [-0.4, -0.2) is 50.0 Å². The molecular weight excluding hydrogens is 262 g/mol. The second-order valence-corrected chi connectivity index (χ2v) is 6.37. The SMILES string of the molecule is Cc1[nH]c2ccccc2c1C(=O)[C@H](C)[NH+]1CC[NH+](C)CC1. The van der Waals surface area contributed by atoms with Gasteiger partial charge in [-0.15, -0.1) is 0 Å². The predicted octanol–water partition coefficient (Wildman–Crippen LogP) is -0.539. The van der Waals surface area contributed by atoms with Crippen molar-refractivity contribution >= 4 is 16.7 Å². The van der Waals surface area contributed by atoms with Crippen LogP contribution in [0.3, 0.4) is 0 Å². The van der Waals surface area contributed by atoms with E-state index in [0.29, 0.717) is 0 Å². The first-order chi connectivity index (χ1) is 10.1. The number of aryl methyl sites for hydroxylation is 1. The van der Waals surface area contributed by atoms with Crippen LogP contribution in [0.15, 0.2) is 24.3 Å². The number of rotatable bonds is 3. The van der Waals surface area contributed by atoms with E-state index in [9.17, 15) is 4.79 Å². The number of benzene rings is 1. The summed E-state index contributed by atoms with van der Waals surface area (Å²) in [5.41, 5.74) is 2.94. The summed E-state index contributed by atoms with van der Waals surface area (Å²) in [6.07, 6.45) is 0. The summed E-state index contributed by atoms with van der Waals surface area (Å²) in [5, 5.41) is 1.06. The Balaban J connectivity index is 1.88. The Morgan fingerprint density at radius 2 is 1.86 bits per heavy atom. The van der Waals surface area contributed by atoms with Gasteiger partial charge in [-0.05, 0) is 19.9 Å². The molecule has 0 spiro atoms. The van der Waals surface area contributed by atoms with Crippen LogP contribution in [0.1, 0.15) is 23.0 Å². The predicted molar refractivity (Wildman–Crippen MR) is 84.1 cm³/mol. The zero-order chi connectivity index (χ0) is 15.0. The first-order valence-electron chi connectivity index (χ1n) is 7.85. The number of ketones is 1. The zero-order valence-electron chi connectivity index (χ0n) is 13.1. The van der Waals surface area contributed by atoms with E-state index in [2.05, 4.69) is 19.0 Å². The van der Waals surface area contributed by atoms with Gasteiger partial charge in [-0.25, -0.2) is 0 Å². The lowest BCUT2D eigenvalue weighted by Gasteiger charge is -2.30. The largest absolute Gasteiger partial charge is 0.358 e. The molecule has 0 radical (unpaired) electrons. The summed E-state index contributed by atoms with van der Waals surface area (Å²) in [4.78, 5) is 19.3. The number of aromatic amines is 1. The zero-order valence-corrected chi connectivity index (χ0v) is 13.1. The smallest absolute Gasteiger partial charge is 0.222 e. The molecule has 3 N–H and O–H groups in total. The van der Waals surface area contributed by atoms with Gasteiger partial charge in [0.25, 0.3) is 0 Å². The van der Waals surface area contributed by atoms with Gasteiger partial charge in [0, 0.05) is 16.6 Å². The Kier molecular flexibility index (Phi) is 3.83. The van der Waals surface area contributed by atoms with Crippen molar-refractivity contribution in [1.82, 2.24) is 4.98 Å². The Morgan fingerprint density at radius 3 is 2.57 bits per heavy atom. The van der Waals surface area contributed by atoms with E-state index in [1.54, 1.807) is 4.90 Å². The third-order valence-electron chi connectivity index (χ3n) is 4.89. The van der Waals surface area contributed by atoms with Crippen LogP contribution in [-0.2, 0) is 0 Å². The molecule has 2 heterocycles. The van der Waals surface area contributed by atoms with Gasteiger partial charge < -0.3 is 14.8 Å². The van der Waals surface area contributed by atoms with Gasteiger partial charge in [0.1, 0.15) is 32.2 Å². The molecule has 1 aliphatic rings. The number of quaternary nitrogens is 2. The fourth-order valence-electron chi connectivity index (χ4n) is 3.43. The highest BCUT2D eigenvalue weighted by atomic mass is 16.1. The van der Waals surface area contributed by atoms with Gasteiger partial charge in [-0.2, -0.15) is 0 Å².